The van der Waals surface area contributed by atoms with Crippen LogP contribution in [0, 0.1) is 0 Å². The highest BCUT2D eigenvalue weighted by Gasteiger charge is 2.17. The third kappa shape index (κ3) is 6.22. The summed E-state index contributed by atoms with van der Waals surface area (Å²) in [5.41, 5.74) is 16.3. The fourth-order valence-corrected chi connectivity index (χ4v) is 3.78. The first-order valence-electron chi connectivity index (χ1n) is 11.6. The number of nitrogens with two attached hydrogens (primary N) is 2. The van der Waals surface area contributed by atoms with Crippen LogP contribution < -0.4 is 25.7 Å². The van der Waals surface area contributed by atoms with Crippen LogP contribution in [-0.4, -0.2) is 30.5 Å². The van der Waals surface area contributed by atoms with E-state index in [0.717, 1.165) is 27.8 Å². The number of ether oxygens (including phenoxy) is 4. The minimum absolute atomic E-state index is 0.145. The molecule has 0 fully saturated rings. The minimum atomic E-state index is 0.145. The van der Waals surface area contributed by atoms with Crippen molar-refractivity contribution in [3.63, 3.8) is 0 Å². The van der Waals surface area contributed by atoms with E-state index in [9.17, 15) is 0 Å². The van der Waals surface area contributed by atoms with E-state index in [4.69, 9.17) is 30.4 Å². The van der Waals surface area contributed by atoms with E-state index in [2.05, 4.69) is 9.97 Å². The van der Waals surface area contributed by atoms with E-state index >= 15 is 0 Å². The highest BCUT2D eigenvalue weighted by Crippen LogP contribution is 2.41. The first kappa shape index (κ1) is 24.8. The van der Waals surface area contributed by atoms with Crippen LogP contribution in [0.3, 0.4) is 0 Å². The molecule has 0 amide bonds. The van der Waals surface area contributed by atoms with E-state index in [1.165, 1.54) is 0 Å². The van der Waals surface area contributed by atoms with Crippen LogP contribution in [0.15, 0.2) is 72.9 Å². The second kappa shape index (κ2) is 11.9. The third-order valence-electron chi connectivity index (χ3n) is 5.46. The molecule has 36 heavy (non-hydrogen) atoms. The molecule has 0 aliphatic rings. The van der Waals surface area contributed by atoms with Crippen molar-refractivity contribution in [3.05, 3.63) is 89.6 Å². The lowest BCUT2D eigenvalue weighted by Gasteiger charge is -2.19. The van der Waals surface area contributed by atoms with E-state index < -0.39 is 0 Å². The summed E-state index contributed by atoms with van der Waals surface area (Å²) in [5.74, 6) is 2.61. The Labute approximate surface area is 210 Å². The van der Waals surface area contributed by atoms with Gasteiger partial charge in [-0.1, -0.05) is 42.5 Å². The number of nitrogens with zero attached hydrogens (tertiary/aromatic N) is 2. The van der Waals surface area contributed by atoms with Crippen molar-refractivity contribution in [2.45, 2.75) is 20.0 Å². The number of anilines is 2. The maximum Gasteiger partial charge on any atom is 0.221 e. The molecule has 8 nitrogen and oxygen atoms in total. The highest BCUT2D eigenvalue weighted by atomic mass is 16.7. The third-order valence-corrected chi connectivity index (χ3v) is 5.46. The zero-order chi connectivity index (χ0) is 25.3. The van der Waals surface area contributed by atoms with Crippen molar-refractivity contribution < 1.29 is 18.9 Å². The second-order valence-electron chi connectivity index (χ2n) is 8.07. The van der Waals surface area contributed by atoms with Gasteiger partial charge in [-0.15, -0.1) is 0 Å². The zero-order valence-corrected chi connectivity index (χ0v) is 20.4. The van der Waals surface area contributed by atoms with Gasteiger partial charge in [0.25, 0.3) is 0 Å². The number of benzene rings is 3. The summed E-state index contributed by atoms with van der Waals surface area (Å²) in [5, 5.41) is 0. The van der Waals surface area contributed by atoms with Crippen LogP contribution >= 0.6 is 0 Å². The number of aromatic nitrogens is 2. The molecule has 0 saturated heterocycles. The Morgan fingerprint density at radius 2 is 1.56 bits per heavy atom. The lowest BCUT2D eigenvalue weighted by molar-refractivity contribution is 0.0511. The molecule has 3 aromatic carbocycles. The van der Waals surface area contributed by atoms with Gasteiger partial charge in [0.15, 0.2) is 6.79 Å². The van der Waals surface area contributed by atoms with Crippen LogP contribution in [0.4, 0.5) is 11.8 Å². The maximum atomic E-state index is 6.37. The molecule has 4 aromatic rings. The molecule has 0 bridgehead atoms. The second-order valence-corrected chi connectivity index (χ2v) is 8.07. The molecule has 0 aliphatic heterocycles. The highest BCUT2D eigenvalue weighted by molar-refractivity contribution is 5.78. The van der Waals surface area contributed by atoms with E-state index in [-0.39, 0.29) is 12.7 Å². The molecular formula is C28H30N4O4. The van der Waals surface area contributed by atoms with Gasteiger partial charge in [0.05, 0.1) is 12.2 Å². The molecule has 0 radical (unpaired) electrons. The van der Waals surface area contributed by atoms with Gasteiger partial charge < -0.3 is 30.4 Å². The first-order chi connectivity index (χ1) is 17.6. The van der Waals surface area contributed by atoms with Crippen molar-refractivity contribution in [1.82, 2.24) is 9.97 Å². The van der Waals surface area contributed by atoms with Gasteiger partial charge in [0.2, 0.25) is 5.95 Å². The number of methoxy groups -OCH3 is 1. The van der Waals surface area contributed by atoms with Gasteiger partial charge in [-0.2, -0.15) is 4.98 Å². The summed E-state index contributed by atoms with van der Waals surface area (Å²) in [6.45, 7) is 3.04. The number of hydrogen-bond acceptors (Lipinski definition) is 8. The molecular weight excluding hydrogens is 456 g/mol. The Morgan fingerprint density at radius 1 is 0.833 bits per heavy atom. The predicted octanol–water partition coefficient (Wildman–Crippen LogP) is 4.86. The topological polar surface area (TPSA) is 115 Å². The van der Waals surface area contributed by atoms with Crippen molar-refractivity contribution in [3.8, 4) is 28.4 Å². The number of nitrogen functional groups attached to an aromatic ring is 2. The molecule has 0 aliphatic carbocycles. The Bertz CT molecular complexity index is 1280. The quantitative estimate of drug-likeness (QED) is 0.289. The number of hydrogen-bond donors (Lipinski definition) is 2. The van der Waals surface area contributed by atoms with Gasteiger partial charge in [0.1, 0.15) is 29.7 Å². The van der Waals surface area contributed by atoms with Crippen LogP contribution in [0.2, 0.25) is 0 Å². The van der Waals surface area contributed by atoms with E-state index in [1.54, 1.807) is 13.3 Å². The molecule has 1 aromatic heterocycles. The van der Waals surface area contributed by atoms with Gasteiger partial charge >= 0.3 is 0 Å². The smallest absolute Gasteiger partial charge is 0.221 e. The lowest BCUT2D eigenvalue weighted by Crippen LogP contribution is -2.05. The summed E-state index contributed by atoms with van der Waals surface area (Å²) in [4.78, 5) is 8.17. The first-order valence-corrected chi connectivity index (χ1v) is 11.6. The number of rotatable bonds is 11. The summed E-state index contributed by atoms with van der Waals surface area (Å²) < 4.78 is 23.0. The Hall–Kier alpha value is -4.30. The lowest BCUT2D eigenvalue weighted by atomic mass is 9.98. The average molecular weight is 487 g/mol. The molecule has 186 valence electrons. The van der Waals surface area contributed by atoms with E-state index in [1.807, 2.05) is 73.7 Å². The molecule has 0 unspecified atom stereocenters. The van der Waals surface area contributed by atoms with Crippen LogP contribution in [0.1, 0.15) is 23.6 Å². The molecule has 0 saturated carbocycles. The summed E-state index contributed by atoms with van der Waals surface area (Å²) >= 11 is 0. The SMILES string of the molecule is CCOc1cc(Cc2cnc(N)nc2N)cc(OCc2ccccc2)c1-c1ccc(OCOC)cc1. The van der Waals surface area contributed by atoms with E-state index in [0.29, 0.717) is 42.7 Å². The maximum absolute atomic E-state index is 6.37. The summed E-state index contributed by atoms with van der Waals surface area (Å²) in [7, 11) is 1.59. The van der Waals surface area contributed by atoms with Crippen molar-refractivity contribution in [2.75, 3.05) is 32.0 Å². The Morgan fingerprint density at radius 3 is 2.22 bits per heavy atom. The fourth-order valence-electron chi connectivity index (χ4n) is 3.78. The average Bonchev–Trinajstić information content (AvgIpc) is 2.89. The normalized spacial score (nSPS) is 10.7. The van der Waals surface area contributed by atoms with Gasteiger partial charge in [0, 0.05) is 25.3 Å². The summed E-state index contributed by atoms with van der Waals surface area (Å²) in [6.07, 6.45) is 2.15. The minimum Gasteiger partial charge on any atom is -0.493 e. The molecule has 0 spiro atoms. The Kier molecular flexibility index (Phi) is 8.20. The Balaban J connectivity index is 1.74. The molecule has 1 heterocycles. The van der Waals surface area contributed by atoms with Gasteiger partial charge in [-0.3, -0.25) is 0 Å². The van der Waals surface area contributed by atoms with Gasteiger partial charge in [-0.25, -0.2) is 4.98 Å². The fraction of sp³-hybridized carbons (Fsp3) is 0.214. The van der Waals surface area contributed by atoms with Crippen LogP contribution in [-0.2, 0) is 17.8 Å². The standard InChI is InChI=1S/C28H30N4O4/c1-3-34-24-14-20(13-22-16-31-28(30)32-27(22)29)15-25(35-17-19-7-5-4-6-8-19)26(24)21-9-11-23(12-10-21)36-18-33-2/h4-12,14-16H,3,13,17-18H2,1-2H3,(H4,29,30,31,32). The van der Waals surface area contributed by atoms with Crippen LogP contribution in [0.25, 0.3) is 11.1 Å². The van der Waals surface area contributed by atoms with Crippen molar-refractivity contribution in [2.24, 2.45) is 0 Å². The monoisotopic (exact) mass is 486 g/mol. The predicted molar refractivity (Wildman–Crippen MR) is 140 cm³/mol. The molecule has 4 rings (SSSR count). The molecule has 0 atom stereocenters. The van der Waals surface area contributed by atoms with Gasteiger partial charge in [-0.05, 0) is 47.9 Å². The molecule has 8 heteroatoms. The van der Waals surface area contributed by atoms with Crippen molar-refractivity contribution >= 4 is 11.8 Å². The largest absolute Gasteiger partial charge is 0.493 e. The summed E-state index contributed by atoms with van der Waals surface area (Å²) in [6, 6.07) is 21.8. The van der Waals surface area contributed by atoms with Crippen LogP contribution in [0.5, 0.6) is 17.2 Å². The molecule has 4 N–H and O–H groups in total. The van der Waals surface area contributed by atoms with Crippen molar-refractivity contribution in [1.29, 1.82) is 0 Å². The zero-order valence-electron chi connectivity index (χ0n) is 20.4.